The van der Waals surface area contributed by atoms with Crippen molar-refractivity contribution in [3.8, 4) is 5.75 Å². The molecular weight excluding hydrogens is 255 g/mol. The quantitative estimate of drug-likeness (QED) is 0.905. The van der Waals surface area contributed by atoms with E-state index in [4.69, 9.17) is 4.74 Å². The van der Waals surface area contributed by atoms with E-state index >= 15 is 0 Å². The smallest absolute Gasteiger partial charge is 0.129 e. The predicted molar refractivity (Wildman–Crippen MR) is 80.2 cm³/mol. The lowest BCUT2D eigenvalue weighted by Crippen LogP contribution is -2.16. The molecule has 3 nitrogen and oxygen atoms in total. The number of benzene rings is 2. The number of rotatable bonds is 5. The van der Waals surface area contributed by atoms with E-state index < -0.39 is 0 Å². The molecule has 0 heterocycles. The van der Waals surface area contributed by atoms with Gasteiger partial charge in [0.05, 0.1) is 7.11 Å². The van der Waals surface area contributed by atoms with Crippen LogP contribution in [0.25, 0.3) is 0 Å². The SMILES string of the molecule is CNCc1c(F)cccc1N(C)c1ccc(OC)cc1. The lowest BCUT2D eigenvalue weighted by atomic mass is 10.1. The molecule has 2 aromatic rings. The molecule has 0 spiro atoms. The fourth-order valence-corrected chi connectivity index (χ4v) is 2.16. The predicted octanol–water partition coefficient (Wildman–Crippen LogP) is 3.32. The first kappa shape index (κ1) is 14.3. The molecule has 20 heavy (non-hydrogen) atoms. The highest BCUT2D eigenvalue weighted by Gasteiger charge is 2.12. The summed E-state index contributed by atoms with van der Waals surface area (Å²) in [6.45, 7) is 0.489. The Balaban J connectivity index is 2.36. The van der Waals surface area contributed by atoms with Crippen molar-refractivity contribution in [2.45, 2.75) is 6.54 Å². The average Bonchev–Trinajstić information content (AvgIpc) is 2.49. The monoisotopic (exact) mass is 274 g/mol. The second kappa shape index (κ2) is 6.39. The molecule has 0 atom stereocenters. The molecule has 0 amide bonds. The molecule has 106 valence electrons. The van der Waals surface area contributed by atoms with Crippen molar-refractivity contribution in [2.24, 2.45) is 0 Å². The summed E-state index contributed by atoms with van der Waals surface area (Å²) >= 11 is 0. The summed E-state index contributed by atoms with van der Waals surface area (Å²) in [5, 5.41) is 3.00. The first-order valence-corrected chi connectivity index (χ1v) is 6.47. The summed E-state index contributed by atoms with van der Waals surface area (Å²) in [6.07, 6.45) is 0. The molecule has 0 aliphatic rings. The van der Waals surface area contributed by atoms with E-state index in [1.165, 1.54) is 6.07 Å². The van der Waals surface area contributed by atoms with E-state index in [0.717, 1.165) is 17.1 Å². The normalized spacial score (nSPS) is 10.4. The Bertz CT molecular complexity index is 569. The molecule has 0 radical (unpaired) electrons. The maximum absolute atomic E-state index is 13.9. The Morgan fingerprint density at radius 3 is 2.45 bits per heavy atom. The molecule has 4 heteroatoms. The van der Waals surface area contributed by atoms with Gasteiger partial charge in [-0.1, -0.05) is 6.07 Å². The number of anilines is 2. The third kappa shape index (κ3) is 2.91. The summed E-state index contributed by atoms with van der Waals surface area (Å²) in [6, 6.07) is 12.8. The van der Waals surface area contributed by atoms with E-state index in [2.05, 4.69) is 5.32 Å². The largest absolute Gasteiger partial charge is 0.497 e. The molecule has 1 N–H and O–H groups in total. The van der Waals surface area contributed by atoms with Crippen LogP contribution in [0.2, 0.25) is 0 Å². The molecule has 2 rings (SSSR count). The number of methoxy groups -OCH3 is 1. The zero-order valence-corrected chi connectivity index (χ0v) is 12.0. The van der Waals surface area contributed by atoms with Crippen molar-refractivity contribution < 1.29 is 9.13 Å². The van der Waals surface area contributed by atoms with Gasteiger partial charge in [-0.15, -0.1) is 0 Å². The highest BCUT2D eigenvalue weighted by atomic mass is 19.1. The maximum Gasteiger partial charge on any atom is 0.129 e. The van der Waals surface area contributed by atoms with Gasteiger partial charge in [0.15, 0.2) is 0 Å². The minimum Gasteiger partial charge on any atom is -0.497 e. The molecule has 2 aromatic carbocycles. The van der Waals surface area contributed by atoms with Crippen molar-refractivity contribution in [1.29, 1.82) is 0 Å². The van der Waals surface area contributed by atoms with Crippen LogP contribution in [-0.4, -0.2) is 21.2 Å². The van der Waals surface area contributed by atoms with Crippen LogP contribution in [0, 0.1) is 5.82 Å². The second-order valence-corrected chi connectivity index (χ2v) is 4.52. The summed E-state index contributed by atoms with van der Waals surface area (Å²) in [5.41, 5.74) is 2.49. The topological polar surface area (TPSA) is 24.5 Å². The molecule has 0 fully saturated rings. The van der Waals surface area contributed by atoms with Gasteiger partial charge in [-0.2, -0.15) is 0 Å². The molecule has 0 saturated carbocycles. The molecule has 0 bridgehead atoms. The van der Waals surface area contributed by atoms with Gasteiger partial charge in [0, 0.05) is 30.5 Å². The second-order valence-electron chi connectivity index (χ2n) is 4.52. The number of hydrogen-bond donors (Lipinski definition) is 1. The fraction of sp³-hybridized carbons (Fsp3) is 0.250. The van der Waals surface area contributed by atoms with Crippen LogP contribution < -0.4 is 15.0 Å². The van der Waals surface area contributed by atoms with Gasteiger partial charge in [-0.05, 0) is 43.4 Å². The van der Waals surface area contributed by atoms with Gasteiger partial charge in [-0.3, -0.25) is 0 Å². The van der Waals surface area contributed by atoms with Crippen molar-refractivity contribution in [2.75, 3.05) is 26.1 Å². The van der Waals surface area contributed by atoms with Crippen LogP contribution >= 0.6 is 0 Å². The molecular formula is C16H19FN2O. The number of nitrogens with one attached hydrogen (secondary N) is 1. The van der Waals surface area contributed by atoms with Crippen LogP contribution in [0.4, 0.5) is 15.8 Å². The van der Waals surface area contributed by atoms with Crippen molar-refractivity contribution in [3.05, 3.63) is 53.8 Å². The Labute approximate surface area is 119 Å². The van der Waals surface area contributed by atoms with E-state index in [0.29, 0.717) is 12.1 Å². The minimum atomic E-state index is -0.197. The van der Waals surface area contributed by atoms with Gasteiger partial charge in [0.2, 0.25) is 0 Å². The van der Waals surface area contributed by atoms with Crippen LogP contribution in [-0.2, 0) is 6.54 Å². The van der Waals surface area contributed by atoms with Gasteiger partial charge >= 0.3 is 0 Å². The lowest BCUT2D eigenvalue weighted by Gasteiger charge is -2.23. The van der Waals surface area contributed by atoms with E-state index in [-0.39, 0.29) is 5.82 Å². The van der Waals surface area contributed by atoms with Gasteiger partial charge < -0.3 is 15.0 Å². The summed E-state index contributed by atoms with van der Waals surface area (Å²) in [7, 11) is 5.37. The van der Waals surface area contributed by atoms with Gasteiger partial charge in [0.25, 0.3) is 0 Å². The zero-order chi connectivity index (χ0) is 14.5. The number of hydrogen-bond acceptors (Lipinski definition) is 3. The molecule has 0 saturated heterocycles. The zero-order valence-electron chi connectivity index (χ0n) is 12.0. The highest BCUT2D eigenvalue weighted by molar-refractivity contribution is 5.66. The summed E-state index contributed by atoms with van der Waals surface area (Å²) in [5.74, 6) is 0.606. The number of ether oxygens (including phenoxy) is 1. The van der Waals surface area contributed by atoms with Crippen molar-refractivity contribution in [3.63, 3.8) is 0 Å². The van der Waals surface area contributed by atoms with Crippen LogP contribution in [0.1, 0.15) is 5.56 Å². The van der Waals surface area contributed by atoms with Crippen molar-refractivity contribution >= 4 is 11.4 Å². The van der Waals surface area contributed by atoms with Gasteiger partial charge in [-0.25, -0.2) is 4.39 Å². The molecule has 0 aliphatic heterocycles. The molecule has 0 aliphatic carbocycles. The fourth-order valence-electron chi connectivity index (χ4n) is 2.16. The van der Waals surface area contributed by atoms with E-state index in [9.17, 15) is 4.39 Å². The minimum absolute atomic E-state index is 0.197. The maximum atomic E-state index is 13.9. The number of halogens is 1. The Morgan fingerprint density at radius 1 is 1.15 bits per heavy atom. The summed E-state index contributed by atoms with van der Waals surface area (Å²) < 4.78 is 19.1. The van der Waals surface area contributed by atoms with Crippen LogP contribution in [0.3, 0.4) is 0 Å². The standard InChI is InChI=1S/C16H19FN2O/c1-18-11-14-15(17)5-4-6-16(14)19(2)12-7-9-13(20-3)10-8-12/h4-10,18H,11H2,1-3H3. The third-order valence-electron chi connectivity index (χ3n) is 3.27. The molecule has 0 aromatic heterocycles. The third-order valence-corrected chi connectivity index (χ3v) is 3.27. The van der Waals surface area contributed by atoms with Crippen LogP contribution in [0.15, 0.2) is 42.5 Å². The van der Waals surface area contributed by atoms with Gasteiger partial charge in [0.1, 0.15) is 11.6 Å². The van der Waals surface area contributed by atoms with Crippen molar-refractivity contribution in [1.82, 2.24) is 5.32 Å². The molecule has 0 unspecified atom stereocenters. The van der Waals surface area contributed by atoms with Crippen LogP contribution in [0.5, 0.6) is 5.75 Å². The first-order chi connectivity index (χ1) is 9.67. The van der Waals surface area contributed by atoms with E-state index in [1.807, 2.05) is 49.3 Å². The van der Waals surface area contributed by atoms with E-state index in [1.54, 1.807) is 13.2 Å². The first-order valence-electron chi connectivity index (χ1n) is 6.47. The lowest BCUT2D eigenvalue weighted by molar-refractivity contribution is 0.415. The Kier molecular flexibility index (Phi) is 4.58. The average molecular weight is 274 g/mol. The Hall–Kier alpha value is -2.07. The highest BCUT2D eigenvalue weighted by Crippen LogP contribution is 2.29. The number of nitrogens with zero attached hydrogens (tertiary/aromatic N) is 1. The Morgan fingerprint density at radius 2 is 1.85 bits per heavy atom. The summed E-state index contributed by atoms with van der Waals surface area (Å²) in [4.78, 5) is 1.97.